The second-order valence-electron chi connectivity index (χ2n) is 8.49. The van der Waals surface area contributed by atoms with Crippen LogP contribution < -0.4 is 5.32 Å². The lowest BCUT2D eigenvalue weighted by molar-refractivity contribution is 0.0101. The number of piperazine rings is 1. The van der Waals surface area contributed by atoms with Gasteiger partial charge in [0, 0.05) is 43.1 Å². The van der Waals surface area contributed by atoms with Crippen molar-refractivity contribution >= 4 is 11.9 Å². The Morgan fingerprint density at radius 3 is 2.72 bits per heavy atom. The van der Waals surface area contributed by atoms with E-state index in [1.54, 1.807) is 4.90 Å². The van der Waals surface area contributed by atoms with Crippen LogP contribution in [0.4, 0.5) is 4.79 Å². The Morgan fingerprint density at radius 2 is 2.14 bits per heavy atom. The van der Waals surface area contributed by atoms with Crippen molar-refractivity contribution in [1.82, 2.24) is 15.1 Å². The lowest BCUT2D eigenvalue weighted by atomic mass is 10.0. The lowest BCUT2D eigenvalue weighted by Crippen LogP contribution is -2.54. The van der Waals surface area contributed by atoms with Gasteiger partial charge in [-0.15, -0.1) is 6.58 Å². The Hall–Kier alpha value is -2.50. The maximum atomic E-state index is 12.4. The van der Waals surface area contributed by atoms with Gasteiger partial charge in [-0.3, -0.25) is 4.99 Å². The molecule has 0 aromatic rings. The molecule has 2 aliphatic rings. The van der Waals surface area contributed by atoms with Gasteiger partial charge in [-0.25, -0.2) is 4.79 Å². The molecule has 0 radical (unpaired) electrons. The summed E-state index contributed by atoms with van der Waals surface area (Å²) in [5.41, 5.74) is 3.04. The molecule has 6 heteroatoms. The van der Waals surface area contributed by atoms with Gasteiger partial charge in [-0.1, -0.05) is 18.2 Å². The number of carbonyl (C=O) groups excluding carboxylic acids is 1. The zero-order chi connectivity index (χ0) is 21.6. The van der Waals surface area contributed by atoms with E-state index in [0.717, 1.165) is 24.4 Å². The van der Waals surface area contributed by atoms with Crippen LogP contribution in [0.5, 0.6) is 0 Å². The van der Waals surface area contributed by atoms with Gasteiger partial charge in [0.2, 0.25) is 0 Å². The summed E-state index contributed by atoms with van der Waals surface area (Å²) in [6.07, 6.45) is 8.53. The molecule has 2 aliphatic heterocycles. The fourth-order valence-corrected chi connectivity index (χ4v) is 3.64. The third-order valence-electron chi connectivity index (χ3n) is 4.97. The Balaban J connectivity index is 2.21. The first-order chi connectivity index (χ1) is 13.7. The van der Waals surface area contributed by atoms with Crippen molar-refractivity contribution in [3.63, 3.8) is 0 Å². The number of aliphatic imine (C=N–C) groups is 1. The zero-order valence-electron chi connectivity index (χ0n) is 18.8. The van der Waals surface area contributed by atoms with Crippen LogP contribution in [0, 0.1) is 0 Å². The lowest BCUT2D eigenvalue weighted by Gasteiger charge is -2.42. The van der Waals surface area contributed by atoms with E-state index < -0.39 is 5.60 Å². The average Bonchev–Trinajstić information content (AvgIpc) is 3.03. The Labute approximate surface area is 175 Å². The second kappa shape index (κ2) is 9.81. The highest BCUT2D eigenvalue weighted by Gasteiger charge is 2.32. The highest BCUT2D eigenvalue weighted by atomic mass is 16.6. The fraction of sp³-hybridized carbons (Fsp3) is 0.565. The van der Waals surface area contributed by atoms with Crippen LogP contribution in [0.15, 0.2) is 52.8 Å². The molecule has 0 aromatic carbocycles. The van der Waals surface area contributed by atoms with E-state index in [9.17, 15) is 4.79 Å². The molecule has 1 atom stereocenters. The van der Waals surface area contributed by atoms with E-state index in [2.05, 4.69) is 30.6 Å². The number of hydrogen-bond acceptors (Lipinski definition) is 4. The highest BCUT2D eigenvalue weighted by Crippen LogP contribution is 2.28. The Kier molecular flexibility index (Phi) is 7.71. The predicted molar refractivity (Wildman–Crippen MR) is 120 cm³/mol. The second-order valence-corrected chi connectivity index (χ2v) is 8.49. The summed E-state index contributed by atoms with van der Waals surface area (Å²) in [4.78, 5) is 21.3. The van der Waals surface area contributed by atoms with E-state index in [-0.39, 0.29) is 12.1 Å². The van der Waals surface area contributed by atoms with Crippen LogP contribution in [0.25, 0.3) is 0 Å². The van der Waals surface area contributed by atoms with Gasteiger partial charge in [-0.05, 0) is 53.5 Å². The number of nitrogens with one attached hydrogen (secondary N) is 1. The quantitative estimate of drug-likeness (QED) is 0.702. The third kappa shape index (κ3) is 5.99. The highest BCUT2D eigenvalue weighted by molar-refractivity contribution is 6.06. The molecule has 1 N–H and O–H groups in total. The van der Waals surface area contributed by atoms with E-state index in [0.29, 0.717) is 19.6 Å². The number of carbonyl (C=O) groups is 1. The van der Waals surface area contributed by atoms with Gasteiger partial charge in [-0.2, -0.15) is 0 Å². The van der Waals surface area contributed by atoms with Gasteiger partial charge >= 0.3 is 6.09 Å². The molecule has 0 aromatic heterocycles. The van der Waals surface area contributed by atoms with E-state index >= 15 is 0 Å². The molecule has 0 saturated carbocycles. The minimum absolute atomic E-state index is 0.186. The van der Waals surface area contributed by atoms with Gasteiger partial charge < -0.3 is 19.9 Å². The molecule has 2 rings (SSSR count). The molecule has 160 valence electrons. The maximum absolute atomic E-state index is 12.4. The molecule has 0 spiro atoms. The fourth-order valence-electron chi connectivity index (χ4n) is 3.64. The van der Waals surface area contributed by atoms with Gasteiger partial charge in [0.15, 0.2) is 0 Å². The van der Waals surface area contributed by atoms with Crippen LogP contribution in [0.2, 0.25) is 0 Å². The van der Waals surface area contributed by atoms with Crippen LogP contribution in [-0.4, -0.2) is 59.6 Å². The minimum atomic E-state index is -0.479. The molecule has 1 saturated heterocycles. The van der Waals surface area contributed by atoms with Gasteiger partial charge in [0.1, 0.15) is 11.4 Å². The van der Waals surface area contributed by atoms with Crippen LogP contribution in [0.1, 0.15) is 48.0 Å². The van der Waals surface area contributed by atoms with Crippen LogP contribution in [-0.2, 0) is 4.74 Å². The first-order valence-electron chi connectivity index (χ1n) is 10.4. The van der Waals surface area contributed by atoms with Crippen molar-refractivity contribution in [2.24, 2.45) is 4.99 Å². The molecule has 29 heavy (non-hydrogen) atoms. The van der Waals surface area contributed by atoms with Gasteiger partial charge in [0.05, 0.1) is 6.54 Å². The van der Waals surface area contributed by atoms with Gasteiger partial charge in [0.25, 0.3) is 0 Å². The minimum Gasteiger partial charge on any atom is -0.444 e. The van der Waals surface area contributed by atoms with Crippen molar-refractivity contribution in [3.05, 3.63) is 47.9 Å². The first kappa shape index (κ1) is 22.8. The van der Waals surface area contributed by atoms with Crippen molar-refractivity contribution in [3.8, 4) is 0 Å². The molecule has 2 heterocycles. The molecule has 0 aliphatic carbocycles. The number of nitrogens with zero attached hydrogens (tertiary/aromatic N) is 3. The molecule has 6 nitrogen and oxygen atoms in total. The summed E-state index contributed by atoms with van der Waals surface area (Å²) < 4.78 is 5.54. The number of rotatable bonds is 5. The van der Waals surface area contributed by atoms with Crippen molar-refractivity contribution < 1.29 is 9.53 Å². The largest absolute Gasteiger partial charge is 0.444 e. The van der Waals surface area contributed by atoms with E-state index in [1.165, 1.54) is 11.3 Å². The number of amides is 1. The summed E-state index contributed by atoms with van der Waals surface area (Å²) in [7, 11) is 0. The average molecular weight is 401 g/mol. The molecule has 1 fully saturated rings. The SMILES string of the molecule is C=CCC1=CNC(=NC/C=C\C)/C1=C(\C)N1CCN(C(=O)OC(C)(C)C)C[C@@H]1C. The Bertz CT molecular complexity index is 740. The number of allylic oxidation sites excluding steroid dienone is 3. The molecule has 1 amide bonds. The molecular weight excluding hydrogens is 364 g/mol. The first-order valence-corrected chi connectivity index (χ1v) is 10.4. The van der Waals surface area contributed by atoms with Crippen molar-refractivity contribution in [1.29, 1.82) is 0 Å². The van der Waals surface area contributed by atoms with E-state index in [1.807, 2.05) is 52.1 Å². The van der Waals surface area contributed by atoms with Crippen molar-refractivity contribution in [2.45, 2.75) is 59.6 Å². The van der Waals surface area contributed by atoms with Crippen LogP contribution in [0.3, 0.4) is 0 Å². The third-order valence-corrected chi connectivity index (χ3v) is 4.97. The summed E-state index contributed by atoms with van der Waals surface area (Å²) in [6, 6.07) is 0.186. The summed E-state index contributed by atoms with van der Waals surface area (Å²) in [5.74, 6) is 0.902. The zero-order valence-corrected chi connectivity index (χ0v) is 18.8. The molecule has 0 bridgehead atoms. The predicted octanol–water partition coefficient (Wildman–Crippen LogP) is 4.24. The topological polar surface area (TPSA) is 57.2 Å². The standard InChI is InChI=1S/C23H36N4O2/c1-8-10-12-24-21-20(19(11-9-2)15-25-21)18(4)27-14-13-26(16-17(27)3)22(28)29-23(5,6)7/h8-10,15,17H,2,11-14,16H2,1,3-7H3,(H,24,25)/b10-8-,20-18+/t17-/m0/s1. The van der Waals surface area contributed by atoms with E-state index in [4.69, 9.17) is 9.73 Å². The molecule has 0 unspecified atom stereocenters. The monoisotopic (exact) mass is 400 g/mol. The summed E-state index contributed by atoms with van der Waals surface area (Å²) >= 11 is 0. The van der Waals surface area contributed by atoms with Crippen LogP contribution >= 0.6 is 0 Å². The van der Waals surface area contributed by atoms with Crippen molar-refractivity contribution in [2.75, 3.05) is 26.2 Å². The normalized spacial score (nSPS) is 23.3. The maximum Gasteiger partial charge on any atom is 0.410 e. The Morgan fingerprint density at radius 1 is 1.41 bits per heavy atom. The summed E-state index contributed by atoms with van der Waals surface area (Å²) in [6.45, 7) is 18.6. The summed E-state index contributed by atoms with van der Waals surface area (Å²) in [5, 5.41) is 3.33. The smallest absolute Gasteiger partial charge is 0.410 e. The molecular formula is C23H36N4O2. The number of hydrogen-bond donors (Lipinski definition) is 1. The number of ether oxygens (including phenoxy) is 1. The number of amidine groups is 1.